The number of carbonyl (C=O) groups is 3. The molecule has 7 heteroatoms. The summed E-state index contributed by atoms with van der Waals surface area (Å²) < 4.78 is 5.19. The number of hydrogen-bond donors (Lipinski definition) is 0. The number of benzene rings is 1. The van der Waals surface area contributed by atoms with Crippen molar-refractivity contribution in [1.29, 1.82) is 0 Å². The zero-order valence-electron chi connectivity index (χ0n) is 18.2. The second kappa shape index (κ2) is 7.93. The number of esters is 1. The molecule has 1 aromatic rings. The lowest BCUT2D eigenvalue weighted by molar-refractivity contribution is -0.158. The first-order valence-corrected chi connectivity index (χ1v) is 12.3. The Kier molecular flexibility index (Phi) is 5.37. The largest absolute Gasteiger partial charge is 0.468 e. The summed E-state index contributed by atoms with van der Waals surface area (Å²) in [6.07, 6.45) is 7.90. The number of thioether (sulfide) groups is 1. The molecule has 0 aromatic heterocycles. The van der Waals surface area contributed by atoms with E-state index in [0.717, 1.165) is 12.0 Å². The second-order valence-electron chi connectivity index (χ2n) is 9.34. The van der Waals surface area contributed by atoms with Gasteiger partial charge in [-0.2, -0.15) is 0 Å². The number of rotatable bonds is 4. The van der Waals surface area contributed by atoms with Crippen molar-refractivity contribution >= 4 is 29.5 Å². The maximum Gasteiger partial charge on any atom is 0.327 e. The van der Waals surface area contributed by atoms with Gasteiger partial charge in [0.15, 0.2) is 0 Å². The highest BCUT2D eigenvalue weighted by molar-refractivity contribution is 8.00. The molecule has 5 rings (SSSR count). The van der Waals surface area contributed by atoms with Crippen LogP contribution in [0.25, 0.3) is 0 Å². The number of carbonyl (C=O) groups excluding carboxylic acids is 3. The molecule has 0 spiro atoms. The van der Waals surface area contributed by atoms with Crippen LogP contribution >= 0.6 is 11.8 Å². The van der Waals surface area contributed by atoms with E-state index in [-0.39, 0.29) is 23.8 Å². The Morgan fingerprint density at radius 3 is 2.45 bits per heavy atom. The Hall–Kier alpha value is -1.86. The van der Waals surface area contributed by atoms with Crippen LogP contribution < -0.4 is 0 Å². The quantitative estimate of drug-likeness (QED) is 0.526. The van der Waals surface area contributed by atoms with Crippen molar-refractivity contribution < 1.29 is 19.1 Å². The van der Waals surface area contributed by atoms with Gasteiger partial charge in [0.1, 0.15) is 5.54 Å². The Morgan fingerprint density at radius 1 is 1.06 bits per heavy atom. The molecule has 0 radical (unpaired) electrons. The zero-order valence-corrected chi connectivity index (χ0v) is 19.0. The van der Waals surface area contributed by atoms with Crippen LogP contribution in [-0.2, 0) is 19.1 Å². The van der Waals surface area contributed by atoms with Gasteiger partial charge in [-0.15, -0.1) is 11.8 Å². The molecule has 6 nitrogen and oxygen atoms in total. The first kappa shape index (κ1) is 21.0. The summed E-state index contributed by atoms with van der Waals surface area (Å²) in [6.45, 7) is 0.690. The molecule has 4 aliphatic rings. The Bertz CT molecular complexity index is 897. The molecule has 1 aliphatic carbocycles. The molecule has 3 heterocycles. The fraction of sp³-hybridized carbons (Fsp3) is 0.625. The molecule has 4 atom stereocenters. The SMILES string of the molecule is COC(=O)[C@@]12CCCN1[C@H](c1ccc(SC3CCCCC3)cc1)[C@H]1C(=O)N(C)C(=O)[C@H]12. The topological polar surface area (TPSA) is 66.9 Å². The highest BCUT2D eigenvalue weighted by Gasteiger charge is 2.72. The molecule has 31 heavy (non-hydrogen) atoms. The van der Waals surface area contributed by atoms with E-state index in [1.165, 1.54) is 56.1 Å². The fourth-order valence-corrected chi connectivity index (χ4v) is 7.71. The van der Waals surface area contributed by atoms with Crippen molar-refractivity contribution in [2.24, 2.45) is 11.8 Å². The van der Waals surface area contributed by atoms with Crippen molar-refractivity contribution in [2.45, 2.75) is 66.7 Å². The maximum atomic E-state index is 13.1. The van der Waals surface area contributed by atoms with E-state index >= 15 is 0 Å². The number of imide groups is 1. The van der Waals surface area contributed by atoms with Gasteiger partial charge >= 0.3 is 5.97 Å². The van der Waals surface area contributed by atoms with Crippen molar-refractivity contribution in [3.63, 3.8) is 0 Å². The number of methoxy groups -OCH3 is 1. The van der Waals surface area contributed by atoms with E-state index in [0.29, 0.717) is 18.2 Å². The molecule has 0 bridgehead atoms. The monoisotopic (exact) mass is 442 g/mol. The van der Waals surface area contributed by atoms with Crippen LogP contribution in [0.1, 0.15) is 56.6 Å². The predicted octanol–water partition coefficient (Wildman–Crippen LogP) is 3.40. The molecule has 3 aliphatic heterocycles. The van der Waals surface area contributed by atoms with Gasteiger partial charge in [0.05, 0.1) is 18.9 Å². The summed E-state index contributed by atoms with van der Waals surface area (Å²) in [5.41, 5.74) is -0.0241. The smallest absolute Gasteiger partial charge is 0.327 e. The zero-order chi connectivity index (χ0) is 21.8. The molecule has 4 fully saturated rings. The number of hydrogen-bond acceptors (Lipinski definition) is 6. The number of amides is 2. The van der Waals surface area contributed by atoms with Crippen molar-refractivity contribution in [3.05, 3.63) is 29.8 Å². The minimum atomic E-state index is -1.03. The highest BCUT2D eigenvalue weighted by atomic mass is 32.2. The van der Waals surface area contributed by atoms with Crippen LogP contribution in [0.15, 0.2) is 29.2 Å². The lowest BCUT2D eigenvalue weighted by Gasteiger charge is -2.35. The summed E-state index contributed by atoms with van der Waals surface area (Å²) in [6, 6.07) is 8.19. The van der Waals surface area contributed by atoms with Gasteiger partial charge in [0.25, 0.3) is 0 Å². The minimum absolute atomic E-state index is 0.182. The molecule has 0 N–H and O–H groups in total. The molecule has 2 amide bonds. The van der Waals surface area contributed by atoms with Gasteiger partial charge in [0.2, 0.25) is 11.8 Å². The van der Waals surface area contributed by atoms with Gasteiger partial charge in [-0.1, -0.05) is 31.4 Å². The molecular formula is C24H30N2O4S. The van der Waals surface area contributed by atoms with Gasteiger partial charge < -0.3 is 4.74 Å². The average Bonchev–Trinajstić information content (AvgIpc) is 3.40. The molecule has 0 unspecified atom stereocenters. The normalized spacial score (nSPS) is 33.6. The van der Waals surface area contributed by atoms with E-state index in [9.17, 15) is 14.4 Å². The molecule has 166 valence electrons. The van der Waals surface area contributed by atoms with Crippen LogP contribution in [0.2, 0.25) is 0 Å². The molecule has 3 saturated heterocycles. The predicted molar refractivity (Wildman–Crippen MR) is 117 cm³/mol. The van der Waals surface area contributed by atoms with Crippen molar-refractivity contribution in [3.8, 4) is 0 Å². The molecule has 1 aromatic carbocycles. The summed E-state index contributed by atoms with van der Waals surface area (Å²) in [4.78, 5) is 43.8. The first-order chi connectivity index (χ1) is 15.0. The second-order valence-corrected chi connectivity index (χ2v) is 10.7. The molecule has 1 saturated carbocycles. The van der Waals surface area contributed by atoms with E-state index < -0.39 is 17.4 Å². The molecular weight excluding hydrogens is 412 g/mol. The van der Waals surface area contributed by atoms with E-state index in [2.05, 4.69) is 29.2 Å². The Balaban J connectivity index is 1.49. The van der Waals surface area contributed by atoms with Gasteiger partial charge in [-0.05, 0) is 49.9 Å². The third-order valence-electron chi connectivity index (χ3n) is 7.85. The standard InChI is InChI=1S/C24H30N2O4S/c1-25-21(27)18-19(22(25)28)24(23(29)30-2)13-6-14-26(24)20(18)15-9-11-17(12-10-15)31-16-7-4-3-5-8-16/h9-12,16,18-20H,3-8,13-14H2,1-2H3/t18-,19-,20+,24-/m0/s1. The number of fused-ring (bicyclic) bond motifs is 3. The van der Waals surface area contributed by atoms with Gasteiger partial charge in [-0.25, -0.2) is 0 Å². The van der Waals surface area contributed by atoms with Gasteiger partial charge in [-0.3, -0.25) is 24.2 Å². The Labute approximate surface area is 187 Å². The number of likely N-dealkylation sites (tertiary alicyclic amines) is 1. The summed E-state index contributed by atoms with van der Waals surface area (Å²) in [5, 5.41) is 0.684. The summed E-state index contributed by atoms with van der Waals surface area (Å²) in [7, 11) is 2.91. The summed E-state index contributed by atoms with van der Waals surface area (Å²) >= 11 is 1.95. The van der Waals surface area contributed by atoms with Crippen LogP contribution in [0.4, 0.5) is 0 Å². The van der Waals surface area contributed by atoms with Crippen LogP contribution in [-0.4, -0.2) is 59.1 Å². The third kappa shape index (κ3) is 3.07. The summed E-state index contributed by atoms with van der Waals surface area (Å²) in [5.74, 6) is -2.02. The van der Waals surface area contributed by atoms with Gasteiger partial charge in [0, 0.05) is 23.2 Å². The minimum Gasteiger partial charge on any atom is -0.468 e. The van der Waals surface area contributed by atoms with Crippen LogP contribution in [0, 0.1) is 11.8 Å². The maximum absolute atomic E-state index is 13.1. The van der Waals surface area contributed by atoms with Crippen molar-refractivity contribution in [2.75, 3.05) is 20.7 Å². The fourth-order valence-electron chi connectivity index (χ4n) is 6.46. The van der Waals surface area contributed by atoms with Crippen molar-refractivity contribution in [1.82, 2.24) is 9.80 Å². The highest BCUT2D eigenvalue weighted by Crippen LogP contribution is 2.59. The van der Waals surface area contributed by atoms with Crippen LogP contribution in [0.3, 0.4) is 0 Å². The lowest BCUT2D eigenvalue weighted by atomic mass is 9.77. The number of nitrogens with zero attached hydrogens (tertiary/aromatic N) is 2. The number of ether oxygens (including phenoxy) is 1. The van der Waals surface area contributed by atoms with E-state index in [1.807, 2.05) is 11.8 Å². The van der Waals surface area contributed by atoms with E-state index in [1.54, 1.807) is 0 Å². The van der Waals surface area contributed by atoms with Crippen LogP contribution in [0.5, 0.6) is 0 Å². The Morgan fingerprint density at radius 2 is 1.77 bits per heavy atom. The first-order valence-electron chi connectivity index (χ1n) is 11.4. The lowest BCUT2D eigenvalue weighted by Crippen LogP contribution is -2.54. The van der Waals surface area contributed by atoms with E-state index in [4.69, 9.17) is 4.74 Å². The average molecular weight is 443 g/mol. The third-order valence-corrected chi connectivity index (χ3v) is 9.20.